The van der Waals surface area contributed by atoms with Gasteiger partial charge in [-0.3, -0.25) is 4.79 Å². The minimum atomic E-state index is -0.103. The normalized spacial score (nSPS) is 10.7. The highest BCUT2D eigenvalue weighted by molar-refractivity contribution is 5.91. The Morgan fingerprint density at radius 2 is 2.33 bits per heavy atom. The fourth-order valence-corrected chi connectivity index (χ4v) is 1.42. The third-order valence-corrected chi connectivity index (χ3v) is 2.31. The van der Waals surface area contributed by atoms with Gasteiger partial charge in [0, 0.05) is 31.5 Å². The van der Waals surface area contributed by atoms with E-state index < -0.39 is 0 Å². The molecule has 0 unspecified atom stereocenters. The number of hydrogen-bond donors (Lipinski definition) is 2. The lowest BCUT2D eigenvalue weighted by Gasteiger charge is -2.02. The molecule has 0 aromatic heterocycles. The lowest BCUT2D eigenvalue weighted by molar-refractivity contribution is -0.116. The highest BCUT2D eigenvalue weighted by Crippen LogP contribution is 2.07. The van der Waals surface area contributed by atoms with Crippen LogP contribution in [0.2, 0.25) is 0 Å². The number of amides is 1. The van der Waals surface area contributed by atoms with Gasteiger partial charge in [0.05, 0.1) is 0 Å². The van der Waals surface area contributed by atoms with Gasteiger partial charge in [0.25, 0.3) is 0 Å². The Hall–Kier alpha value is -1.81. The lowest BCUT2D eigenvalue weighted by atomic mass is 10.2. The van der Waals surface area contributed by atoms with Gasteiger partial charge in [-0.25, -0.2) is 0 Å². The molecule has 0 fully saturated rings. The molecule has 1 aromatic rings. The molecule has 0 saturated heterocycles. The number of nitrogens with two attached hydrogens (primary N) is 1. The molecule has 4 heteroatoms. The molecule has 1 aromatic carbocycles. The molecule has 0 aliphatic rings. The van der Waals surface area contributed by atoms with Crippen LogP contribution >= 0.6 is 0 Å². The summed E-state index contributed by atoms with van der Waals surface area (Å²) < 4.78 is 5.17. The van der Waals surface area contributed by atoms with E-state index in [2.05, 4.69) is 5.32 Å². The van der Waals surface area contributed by atoms with Gasteiger partial charge >= 0.3 is 0 Å². The predicted molar refractivity (Wildman–Crippen MR) is 74.0 cm³/mol. The third-order valence-electron chi connectivity index (χ3n) is 2.31. The van der Waals surface area contributed by atoms with E-state index in [4.69, 9.17) is 10.5 Å². The first-order chi connectivity index (χ1) is 8.72. The maximum atomic E-state index is 11.5. The largest absolute Gasteiger partial charge is 0.399 e. The fraction of sp³-hybridized carbons (Fsp3) is 0.357. The number of benzene rings is 1. The molecule has 0 atom stereocenters. The summed E-state index contributed by atoms with van der Waals surface area (Å²) in [4.78, 5) is 11.5. The fourth-order valence-electron chi connectivity index (χ4n) is 1.42. The van der Waals surface area contributed by atoms with Crippen LogP contribution in [-0.2, 0) is 9.53 Å². The van der Waals surface area contributed by atoms with Crippen molar-refractivity contribution in [2.45, 2.75) is 13.3 Å². The molecular weight excluding hydrogens is 228 g/mol. The number of ether oxygens (including phenoxy) is 1. The van der Waals surface area contributed by atoms with Crippen molar-refractivity contribution in [2.24, 2.45) is 0 Å². The van der Waals surface area contributed by atoms with Crippen LogP contribution in [0.4, 0.5) is 5.69 Å². The number of carbonyl (C=O) groups excluding carboxylic acids is 1. The zero-order chi connectivity index (χ0) is 13.2. The van der Waals surface area contributed by atoms with Gasteiger partial charge in [-0.2, -0.15) is 0 Å². The molecule has 18 heavy (non-hydrogen) atoms. The minimum absolute atomic E-state index is 0.103. The highest BCUT2D eigenvalue weighted by Gasteiger charge is 1.95. The molecule has 0 saturated carbocycles. The van der Waals surface area contributed by atoms with Gasteiger partial charge in [0.15, 0.2) is 0 Å². The number of rotatable bonds is 7. The van der Waals surface area contributed by atoms with E-state index >= 15 is 0 Å². The Labute approximate surface area is 108 Å². The molecular formula is C14H20N2O2. The molecule has 0 spiro atoms. The lowest BCUT2D eigenvalue weighted by Crippen LogP contribution is -2.23. The zero-order valence-corrected chi connectivity index (χ0v) is 10.7. The quantitative estimate of drug-likeness (QED) is 0.439. The van der Waals surface area contributed by atoms with Crippen LogP contribution in [0.3, 0.4) is 0 Å². The molecule has 0 aliphatic heterocycles. The second-order valence-corrected chi connectivity index (χ2v) is 3.84. The minimum Gasteiger partial charge on any atom is -0.399 e. The number of nitrogens with one attached hydrogen (secondary N) is 1. The monoisotopic (exact) mass is 248 g/mol. The Morgan fingerprint density at radius 1 is 1.50 bits per heavy atom. The summed E-state index contributed by atoms with van der Waals surface area (Å²) in [5.41, 5.74) is 7.25. The standard InChI is InChI=1S/C14H20N2O2/c1-2-18-10-4-9-16-14(17)8-7-12-5-3-6-13(15)11-12/h3,5-8,11H,2,4,9-10,15H2,1H3,(H,16,17)/b8-7+. The van der Waals surface area contributed by atoms with Gasteiger partial charge in [0.1, 0.15) is 0 Å². The van der Waals surface area contributed by atoms with E-state index in [9.17, 15) is 4.79 Å². The summed E-state index contributed by atoms with van der Waals surface area (Å²) in [7, 11) is 0. The van der Waals surface area contributed by atoms with Crippen molar-refractivity contribution < 1.29 is 9.53 Å². The maximum absolute atomic E-state index is 11.5. The molecule has 0 bridgehead atoms. The van der Waals surface area contributed by atoms with Crippen LogP contribution < -0.4 is 11.1 Å². The maximum Gasteiger partial charge on any atom is 0.244 e. The van der Waals surface area contributed by atoms with E-state index in [-0.39, 0.29) is 5.91 Å². The molecule has 0 heterocycles. The molecule has 98 valence electrons. The molecule has 4 nitrogen and oxygen atoms in total. The second-order valence-electron chi connectivity index (χ2n) is 3.84. The summed E-state index contributed by atoms with van der Waals surface area (Å²) in [5.74, 6) is -0.103. The van der Waals surface area contributed by atoms with Crippen LogP contribution in [0.15, 0.2) is 30.3 Å². The predicted octanol–water partition coefficient (Wildman–Crippen LogP) is 1.82. The van der Waals surface area contributed by atoms with Crippen LogP contribution in [0.5, 0.6) is 0 Å². The van der Waals surface area contributed by atoms with Crippen molar-refractivity contribution >= 4 is 17.7 Å². The average Bonchev–Trinajstić information content (AvgIpc) is 2.36. The Bertz CT molecular complexity index is 403. The molecule has 1 rings (SSSR count). The topological polar surface area (TPSA) is 64.3 Å². The summed E-state index contributed by atoms with van der Waals surface area (Å²) >= 11 is 0. The molecule has 0 radical (unpaired) electrons. The van der Waals surface area contributed by atoms with Gasteiger partial charge in [0.2, 0.25) is 5.91 Å². The van der Waals surface area contributed by atoms with Gasteiger partial charge < -0.3 is 15.8 Å². The highest BCUT2D eigenvalue weighted by atomic mass is 16.5. The zero-order valence-electron chi connectivity index (χ0n) is 10.7. The van der Waals surface area contributed by atoms with E-state index in [0.29, 0.717) is 25.4 Å². The van der Waals surface area contributed by atoms with Crippen molar-refractivity contribution in [1.29, 1.82) is 0 Å². The first-order valence-electron chi connectivity index (χ1n) is 6.11. The van der Waals surface area contributed by atoms with Crippen LogP contribution in [0, 0.1) is 0 Å². The summed E-state index contributed by atoms with van der Waals surface area (Å²) in [5, 5.41) is 2.79. The Balaban J connectivity index is 2.27. The Morgan fingerprint density at radius 3 is 3.06 bits per heavy atom. The number of hydrogen-bond acceptors (Lipinski definition) is 3. The second kappa shape index (κ2) is 8.31. The smallest absolute Gasteiger partial charge is 0.244 e. The Kier molecular flexibility index (Phi) is 6.58. The van der Waals surface area contributed by atoms with E-state index in [0.717, 1.165) is 12.0 Å². The molecule has 3 N–H and O–H groups in total. The average molecular weight is 248 g/mol. The van der Waals surface area contributed by atoms with Crippen LogP contribution in [-0.4, -0.2) is 25.7 Å². The van der Waals surface area contributed by atoms with E-state index in [1.54, 1.807) is 6.08 Å². The van der Waals surface area contributed by atoms with Crippen LogP contribution in [0.1, 0.15) is 18.9 Å². The first-order valence-corrected chi connectivity index (χ1v) is 6.11. The van der Waals surface area contributed by atoms with E-state index in [1.165, 1.54) is 6.08 Å². The van der Waals surface area contributed by atoms with Gasteiger partial charge in [-0.1, -0.05) is 12.1 Å². The summed E-state index contributed by atoms with van der Waals surface area (Å²) in [6.07, 6.45) is 4.08. The van der Waals surface area contributed by atoms with Crippen molar-refractivity contribution in [3.63, 3.8) is 0 Å². The van der Waals surface area contributed by atoms with Gasteiger partial charge in [-0.05, 0) is 37.1 Å². The van der Waals surface area contributed by atoms with E-state index in [1.807, 2.05) is 31.2 Å². The summed E-state index contributed by atoms with van der Waals surface area (Å²) in [6, 6.07) is 7.38. The third kappa shape index (κ3) is 6.06. The SMILES string of the molecule is CCOCCCNC(=O)/C=C/c1cccc(N)c1. The number of nitrogen functional groups attached to an aromatic ring is 1. The van der Waals surface area contributed by atoms with Crippen molar-refractivity contribution in [3.8, 4) is 0 Å². The van der Waals surface area contributed by atoms with Crippen molar-refractivity contribution in [1.82, 2.24) is 5.32 Å². The molecule has 0 aliphatic carbocycles. The summed E-state index contributed by atoms with van der Waals surface area (Å²) in [6.45, 7) is 3.96. The first kappa shape index (κ1) is 14.3. The van der Waals surface area contributed by atoms with Gasteiger partial charge in [-0.15, -0.1) is 0 Å². The van der Waals surface area contributed by atoms with Crippen LogP contribution in [0.25, 0.3) is 6.08 Å². The van der Waals surface area contributed by atoms with Crippen molar-refractivity contribution in [3.05, 3.63) is 35.9 Å². The number of anilines is 1. The molecule has 1 amide bonds. The van der Waals surface area contributed by atoms with Crippen molar-refractivity contribution in [2.75, 3.05) is 25.5 Å². The number of carbonyl (C=O) groups is 1.